The van der Waals surface area contributed by atoms with E-state index >= 15 is 0 Å². The smallest absolute Gasteiger partial charge is 0.000698 e. The molecule has 1 fully saturated rings. The Kier molecular flexibility index (Phi) is 5.70. The lowest BCUT2D eigenvalue weighted by Gasteiger charge is -2.05. The minimum atomic E-state index is 1.000. The molecule has 0 aliphatic carbocycles. The van der Waals surface area contributed by atoms with E-state index < -0.39 is 0 Å². The van der Waals surface area contributed by atoms with Gasteiger partial charge < -0.3 is 4.90 Å². The Hall–Kier alpha value is -0.0400. The van der Waals surface area contributed by atoms with Gasteiger partial charge in [0, 0.05) is 6.54 Å². The van der Waals surface area contributed by atoms with Crippen LogP contribution in [0.4, 0.5) is 0 Å². The summed E-state index contributed by atoms with van der Waals surface area (Å²) in [4.78, 5) is 2.41. The number of likely N-dealkylation sites (tertiary alicyclic amines) is 1. The van der Waals surface area contributed by atoms with E-state index in [9.17, 15) is 0 Å². The normalized spacial score (nSPS) is 25.8. The zero-order chi connectivity index (χ0) is 7.98. The van der Waals surface area contributed by atoms with Gasteiger partial charge in [-0.25, -0.2) is 0 Å². The molecule has 0 radical (unpaired) electrons. The maximum atomic E-state index is 2.41. The van der Waals surface area contributed by atoms with Crippen molar-refractivity contribution in [3.8, 4) is 0 Å². The van der Waals surface area contributed by atoms with E-state index in [4.69, 9.17) is 0 Å². The molecule has 1 atom stereocenters. The average Bonchev–Trinajstić information content (AvgIpc) is 2.40. The third-order valence-corrected chi connectivity index (χ3v) is 2.07. The Morgan fingerprint density at radius 2 is 2.00 bits per heavy atom. The third-order valence-electron chi connectivity index (χ3n) is 2.07. The van der Waals surface area contributed by atoms with E-state index in [1.807, 2.05) is 13.8 Å². The van der Waals surface area contributed by atoms with Crippen molar-refractivity contribution in [3.05, 3.63) is 0 Å². The van der Waals surface area contributed by atoms with E-state index in [2.05, 4.69) is 18.9 Å². The van der Waals surface area contributed by atoms with Gasteiger partial charge in [0.15, 0.2) is 0 Å². The second kappa shape index (κ2) is 5.72. The molecule has 10 heavy (non-hydrogen) atoms. The van der Waals surface area contributed by atoms with Gasteiger partial charge in [-0.15, -0.1) is 0 Å². The molecule has 0 saturated carbocycles. The van der Waals surface area contributed by atoms with Crippen LogP contribution in [0.3, 0.4) is 0 Å². The molecule has 0 amide bonds. The van der Waals surface area contributed by atoms with E-state index in [1.165, 1.54) is 25.9 Å². The zero-order valence-electron chi connectivity index (χ0n) is 7.85. The van der Waals surface area contributed by atoms with Crippen LogP contribution in [0.25, 0.3) is 0 Å². The number of hydrogen-bond donors (Lipinski definition) is 0. The summed E-state index contributed by atoms with van der Waals surface area (Å²) in [6, 6.07) is 0. The van der Waals surface area contributed by atoms with Crippen molar-refractivity contribution in [1.82, 2.24) is 4.90 Å². The second-order valence-corrected chi connectivity index (χ2v) is 2.83. The Labute approximate surface area is 65.4 Å². The van der Waals surface area contributed by atoms with Crippen LogP contribution in [0.1, 0.15) is 33.6 Å². The van der Waals surface area contributed by atoms with Crippen LogP contribution >= 0.6 is 0 Å². The summed E-state index contributed by atoms with van der Waals surface area (Å²) in [5, 5.41) is 0. The summed E-state index contributed by atoms with van der Waals surface area (Å²) in [5.74, 6) is 1.000. The fourth-order valence-corrected chi connectivity index (χ4v) is 1.36. The largest absolute Gasteiger partial charge is 0.306 e. The molecule has 0 aromatic rings. The lowest BCUT2D eigenvalue weighted by atomic mass is 10.1. The van der Waals surface area contributed by atoms with Gasteiger partial charge in [-0.2, -0.15) is 0 Å². The van der Waals surface area contributed by atoms with Crippen molar-refractivity contribution in [1.29, 1.82) is 0 Å². The van der Waals surface area contributed by atoms with Gasteiger partial charge in [-0.1, -0.05) is 27.2 Å². The van der Waals surface area contributed by atoms with Crippen LogP contribution < -0.4 is 0 Å². The first-order valence-electron chi connectivity index (χ1n) is 4.51. The molecule has 62 valence electrons. The number of rotatable bonds is 1. The zero-order valence-corrected chi connectivity index (χ0v) is 7.85. The van der Waals surface area contributed by atoms with Crippen LogP contribution in [-0.4, -0.2) is 25.0 Å². The summed E-state index contributed by atoms with van der Waals surface area (Å²) in [7, 11) is 2.20. The van der Waals surface area contributed by atoms with Crippen LogP contribution in [-0.2, 0) is 0 Å². The highest BCUT2D eigenvalue weighted by Gasteiger charge is 2.16. The van der Waals surface area contributed by atoms with Gasteiger partial charge in [0.2, 0.25) is 0 Å². The molecule has 0 unspecified atom stereocenters. The molecule has 1 saturated heterocycles. The van der Waals surface area contributed by atoms with Crippen molar-refractivity contribution in [2.75, 3.05) is 20.1 Å². The first kappa shape index (κ1) is 9.96. The Balaban J connectivity index is 0.000000371. The molecule has 1 aliphatic rings. The molecule has 1 heteroatoms. The van der Waals surface area contributed by atoms with Gasteiger partial charge >= 0.3 is 0 Å². The first-order chi connectivity index (χ1) is 4.83. The third kappa shape index (κ3) is 3.21. The average molecular weight is 143 g/mol. The minimum Gasteiger partial charge on any atom is -0.306 e. The van der Waals surface area contributed by atoms with E-state index in [1.54, 1.807) is 0 Å². The molecule has 1 aliphatic heterocycles. The molecule has 0 aromatic heterocycles. The molecule has 1 heterocycles. The highest BCUT2D eigenvalue weighted by atomic mass is 15.1. The fourth-order valence-electron chi connectivity index (χ4n) is 1.36. The monoisotopic (exact) mass is 143 g/mol. The molecule has 0 spiro atoms. The van der Waals surface area contributed by atoms with Crippen molar-refractivity contribution < 1.29 is 0 Å². The summed E-state index contributed by atoms with van der Waals surface area (Å²) in [6.45, 7) is 8.93. The van der Waals surface area contributed by atoms with E-state index in [-0.39, 0.29) is 0 Å². The standard InChI is InChI=1S/C7H15N.C2H6/c1-3-7-4-5-8(2)6-7;1-2/h7H,3-6H2,1-2H3;1-2H3/t7-;/m0./s1. The van der Waals surface area contributed by atoms with Crippen LogP contribution in [0, 0.1) is 5.92 Å². The lowest BCUT2D eigenvalue weighted by molar-refractivity contribution is 0.392. The predicted octanol–water partition coefficient (Wildman–Crippen LogP) is 2.37. The molecule has 1 rings (SSSR count). The van der Waals surface area contributed by atoms with Crippen molar-refractivity contribution in [3.63, 3.8) is 0 Å². The summed E-state index contributed by atoms with van der Waals surface area (Å²) >= 11 is 0. The highest BCUT2D eigenvalue weighted by molar-refractivity contribution is 4.70. The lowest BCUT2D eigenvalue weighted by Crippen LogP contribution is -2.13. The van der Waals surface area contributed by atoms with E-state index in [0.717, 1.165) is 5.92 Å². The molecule has 0 N–H and O–H groups in total. The molecular weight excluding hydrogens is 122 g/mol. The number of nitrogens with zero attached hydrogens (tertiary/aromatic N) is 1. The van der Waals surface area contributed by atoms with Crippen LogP contribution in [0.5, 0.6) is 0 Å². The summed E-state index contributed by atoms with van der Waals surface area (Å²) in [6.07, 6.45) is 2.79. The fraction of sp³-hybridized carbons (Fsp3) is 1.00. The first-order valence-corrected chi connectivity index (χ1v) is 4.51. The SMILES string of the molecule is CC.CC[C@H]1CCN(C)C1. The predicted molar refractivity (Wildman–Crippen MR) is 47.2 cm³/mol. The quantitative estimate of drug-likeness (QED) is 0.544. The maximum absolute atomic E-state index is 2.41. The summed E-state index contributed by atoms with van der Waals surface area (Å²) in [5.41, 5.74) is 0. The van der Waals surface area contributed by atoms with Crippen molar-refractivity contribution >= 4 is 0 Å². The van der Waals surface area contributed by atoms with Gasteiger partial charge in [0.1, 0.15) is 0 Å². The minimum absolute atomic E-state index is 1.000. The van der Waals surface area contributed by atoms with Gasteiger partial charge in [0.05, 0.1) is 0 Å². The van der Waals surface area contributed by atoms with Gasteiger partial charge in [-0.05, 0) is 25.9 Å². The molecule has 0 bridgehead atoms. The second-order valence-electron chi connectivity index (χ2n) is 2.83. The molecule has 0 aromatic carbocycles. The Morgan fingerprint density at radius 1 is 1.40 bits per heavy atom. The topological polar surface area (TPSA) is 3.24 Å². The van der Waals surface area contributed by atoms with Gasteiger partial charge in [0.25, 0.3) is 0 Å². The van der Waals surface area contributed by atoms with Crippen molar-refractivity contribution in [2.24, 2.45) is 5.92 Å². The van der Waals surface area contributed by atoms with Gasteiger partial charge in [-0.3, -0.25) is 0 Å². The Morgan fingerprint density at radius 3 is 2.20 bits per heavy atom. The van der Waals surface area contributed by atoms with Crippen LogP contribution in [0.15, 0.2) is 0 Å². The molecular formula is C9H21N. The van der Waals surface area contributed by atoms with E-state index in [0.29, 0.717) is 0 Å². The molecule has 1 nitrogen and oxygen atoms in total. The van der Waals surface area contributed by atoms with Crippen LogP contribution in [0.2, 0.25) is 0 Å². The summed E-state index contributed by atoms with van der Waals surface area (Å²) < 4.78 is 0. The highest BCUT2D eigenvalue weighted by Crippen LogP contribution is 2.16. The Bertz CT molecular complexity index is 71.1. The van der Waals surface area contributed by atoms with Crippen molar-refractivity contribution in [2.45, 2.75) is 33.6 Å². The maximum Gasteiger partial charge on any atom is 0.000698 e. The number of hydrogen-bond acceptors (Lipinski definition) is 1.